The smallest absolute Gasteiger partial charge is 0.179 e. The first-order chi connectivity index (χ1) is 36.6. The van der Waals surface area contributed by atoms with Crippen LogP contribution in [-0.2, 0) is 0 Å². The summed E-state index contributed by atoms with van der Waals surface area (Å²) in [6, 6.07) is 109. The van der Waals surface area contributed by atoms with Gasteiger partial charge in [-0.15, -0.1) is 0 Å². The summed E-state index contributed by atoms with van der Waals surface area (Å²) in [5.41, 5.74) is 11.8. The van der Waals surface area contributed by atoms with Crippen molar-refractivity contribution in [2.24, 2.45) is 0 Å². The Balaban J connectivity index is 1.05. The van der Waals surface area contributed by atoms with Crippen LogP contribution in [0, 0.1) is 22.7 Å². The van der Waals surface area contributed by atoms with E-state index in [9.17, 15) is 10.5 Å². The second kappa shape index (κ2) is 21.2. The number of nitriles is 2. The highest BCUT2D eigenvalue weighted by atomic mass is 28.3. The zero-order valence-corrected chi connectivity index (χ0v) is 41.5. The Morgan fingerprint density at radius 3 is 0.824 bits per heavy atom. The highest BCUT2D eigenvalue weighted by Gasteiger charge is 2.41. The zero-order chi connectivity index (χ0) is 50.1. The van der Waals surface area contributed by atoms with Gasteiger partial charge in [0.1, 0.15) is 12.1 Å². The Morgan fingerprint density at radius 2 is 0.514 bits per heavy atom. The van der Waals surface area contributed by atoms with Gasteiger partial charge in [-0.1, -0.05) is 182 Å². The molecule has 0 spiro atoms. The van der Waals surface area contributed by atoms with Gasteiger partial charge in [-0.05, 0) is 142 Å². The van der Waals surface area contributed by atoms with Gasteiger partial charge in [0.15, 0.2) is 8.07 Å². The second-order valence-corrected chi connectivity index (χ2v) is 21.7. The lowest BCUT2D eigenvalue weighted by Crippen LogP contribution is -2.74. The van der Waals surface area contributed by atoms with Crippen molar-refractivity contribution in [2.75, 3.05) is 14.7 Å². The van der Waals surface area contributed by atoms with E-state index in [0.717, 1.165) is 62.3 Å². The third-order valence-corrected chi connectivity index (χ3v) is 18.5. The standard InChI is InChI=1S/C68H49N5Si/c69-50-53-20-19-33-67(68(53)51-70)52-34-46-65(47-35-52)74(63-29-15-5-16-30-63,64-31-17-6-18-32-64)66-48-44-62(45-49-66)73(60-40-36-58(37-41-60)71(54-21-7-1-8-22-54)55-23-9-2-10-24-55)61-42-38-59(39-43-61)72(56-25-11-3-12-26-56)57-27-13-4-14-28-57/h1-49H. The molecule has 0 amide bonds. The first kappa shape index (κ1) is 46.4. The molecule has 0 fully saturated rings. The van der Waals surface area contributed by atoms with Crippen molar-refractivity contribution in [1.29, 1.82) is 10.5 Å². The van der Waals surface area contributed by atoms with E-state index in [-0.39, 0.29) is 0 Å². The van der Waals surface area contributed by atoms with Crippen molar-refractivity contribution < 1.29 is 0 Å². The quantitative estimate of drug-likeness (QED) is 0.0803. The summed E-state index contributed by atoms with van der Waals surface area (Å²) in [5, 5.41) is 24.9. The summed E-state index contributed by atoms with van der Waals surface area (Å²) in [6.07, 6.45) is 0. The third-order valence-electron chi connectivity index (χ3n) is 13.7. The average Bonchev–Trinajstić information content (AvgIpc) is 3.48. The molecule has 350 valence electrons. The number of benzene rings is 11. The van der Waals surface area contributed by atoms with E-state index < -0.39 is 8.07 Å². The van der Waals surface area contributed by atoms with Gasteiger partial charge in [-0.25, -0.2) is 0 Å². The summed E-state index contributed by atoms with van der Waals surface area (Å²) < 4.78 is 0. The number of rotatable bonds is 14. The van der Waals surface area contributed by atoms with E-state index in [2.05, 4.69) is 306 Å². The monoisotopic (exact) mass is 963 g/mol. The molecule has 11 aromatic carbocycles. The molecule has 0 unspecified atom stereocenters. The van der Waals surface area contributed by atoms with Crippen LogP contribution in [0.4, 0.5) is 51.2 Å². The summed E-state index contributed by atoms with van der Waals surface area (Å²) >= 11 is 0. The molecule has 5 nitrogen and oxygen atoms in total. The molecule has 11 rings (SSSR count). The molecule has 6 heteroatoms. The predicted molar refractivity (Wildman–Crippen MR) is 309 cm³/mol. The number of hydrogen-bond donors (Lipinski definition) is 0. The van der Waals surface area contributed by atoms with Crippen LogP contribution in [0.25, 0.3) is 11.1 Å². The number of nitrogens with zero attached hydrogens (tertiary/aromatic N) is 5. The molecule has 0 aliphatic heterocycles. The molecule has 74 heavy (non-hydrogen) atoms. The van der Waals surface area contributed by atoms with Gasteiger partial charge >= 0.3 is 0 Å². The summed E-state index contributed by atoms with van der Waals surface area (Å²) in [6.45, 7) is 0. The van der Waals surface area contributed by atoms with Crippen LogP contribution >= 0.6 is 0 Å². The van der Waals surface area contributed by atoms with Crippen LogP contribution in [0.15, 0.2) is 297 Å². The molecule has 0 aliphatic rings. The molecule has 0 bridgehead atoms. The molecular weight excluding hydrogens is 915 g/mol. The minimum atomic E-state index is -3.00. The first-order valence-electron chi connectivity index (χ1n) is 24.7. The van der Waals surface area contributed by atoms with Crippen LogP contribution in [0.1, 0.15) is 11.1 Å². The van der Waals surface area contributed by atoms with Crippen LogP contribution in [0.5, 0.6) is 0 Å². The number of hydrogen-bond acceptors (Lipinski definition) is 5. The minimum absolute atomic E-state index is 0.370. The lowest BCUT2D eigenvalue weighted by atomic mass is 9.97. The average molecular weight is 964 g/mol. The predicted octanol–water partition coefficient (Wildman–Crippen LogP) is 14.9. The van der Waals surface area contributed by atoms with Gasteiger partial charge in [0, 0.05) is 56.7 Å². The van der Waals surface area contributed by atoms with Crippen molar-refractivity contribution >= 4 is 80.0 Å². The Morgan fingerprint density at radius 1 is 0.243 bits per heavy atom. The number of para-hydroxylation sites is 4. The highest BCUT2D eigenvalue weighted by Crippen LogP contribution is 2.41. The van der Waals surface area contributed by atoms with E-state index in [1.165, 1.54) is 20.7 Å². The first-order valence-corrected chi connectivity index (χ1v) is 26.7. The van der Waals surface area contributed by atoms with Crippen LogP contribution in [0.2, 0.25) is 0 Å². The normalized spacial score (nSPS) is 10.9. The molecule has 0 saturated carbocycles. The van der Waals surface area contributed by atoms with E-state index in [0.29, 0.717) is 11.1 Å². The molecule has 0 aromatic heterocycles. The van der Waals surface area contributed by atoms with Crippen molar-refractivity contribution in [3.63, 3.8) is 0 Å². The fourth-order valence-corrected chi connectivity index (χ4v) is 15.0. The number of anilines is 9. The second-order valence-electron chi connectivity index (χ2n) is 17.9. The fraction of sp³-hybridized carbons (Fsp3) is 0. The van der Waals surface area contributed by atoms with Gasteiger partial charge < -0.3 is 14.7 Å². The van der Waals surface area contributed by atoms with Gasteiger partial charge in [0.05, 0.1) is 11.1 Å². The maximum atomic E-state index is 10.2. The van der Waals surface area contributed by atoms with Crippen LogP contribution in [0.3, 0.4) is 0 Å². The summed E-state index contributed by atoms with van der Waals surface area (Å²) in [7, 11) is -3.00. The van der Waals surface area contributed by atoms with E-state index in [1.807, 2.05) is 12.1 Å². The van der Waals surface area contributed by atoms with Gasteiger partial charge in [0.2, 0.25) is 0 Å². The minimum Gasteiger partial charge on any atom is -0.311 e. The fourth-order valence-electron chi connectivity index (χ4n) is 10.3. The summed E-state index contributed by atoms with van der Waals surface area (Å²) in [4.78, 5) is 6.91. The molecule has 0 atom stereocenters. The van der Waals surface area contributed by atoms with Gasteiger partial charge in [-0.3, -0.25) is 0 Å². The molecule has 0 aliphatic carbocycles. The van der Waals surface area contributed by atoms with Crippen molar-refractivity contribution in [3.8, 4) is 23.3 Å². The Hall–Kier alpha value is -9.98. The van der Waals surface area contributed by atoms with Crippen molar-refractivity contribution in [1.82, 2.24) is 0 Å². The molecular formula is C68H49N5Si. The maximum absolute atomic E-state index is 10.2. The zero-order valence-electron chi connectivity index (χ0n) is 40.5. The SMILES string of the molecule is N#Cc1cccc(-c2ccc([Si](c3ccccc3)(c3ccccc3)c3ccc(N(c4ccc(N(c5ccccc5)c5ccccc5)cc4)c4ccc(N(c5ccccc5)c5ccccc5)cc4)cc3)cc2)c1C#N. The third kappa shape index (κ3) is 9.02. The molecule has 0 N–H and O–H groups in total. The Bertz CT molecular complexity index is 3450. The Labute approximate surface area is 434 Å². The highest BCUT2D eigenvalue weighted by molar-refractivity contribution is 7.19. The van der Waals surface area contributed by atoms with Crippen LogP contribution in [-0.4, -0.2) is 8.07 Å². The lowest BCUT2D eigenvalue weighted by molar-refractivity contribution is 1.25. The van der Waals surface area contributed by atoms with Crippen LogP contribution < -0.4 is 35.4 Å². The van der Waals surface area contributed by atoms with Crippen molar-refractivity contribution in [3.05, 3.63) is 308 Å². The van der Waals surface area contributed by atoms with Gasteiger partial charge in [0.25, 0.3) is 0 Å². The molecule has 11 aromatic rings. The van der Waals surface area contributed by atoms with E-state index in [1.54, 1.807) is 6.07 Å². The Kier molecular flexibility index (Phi) is 13.3. The molecule has 0 radical (unpaired) electrons. The largest absolute Gasteiger partial charge is 0.311 e. The van der Waals surface area contributed by atoms with Crippen molar-refractivity contribution in [2.45, 2.75) is 0 Å². The van der Waals surface area contributed by atoms with E-state index in [4.69, 9.17) is 0 Å². The van der Waals surface area contributed by atoms with E-state index >= 15 is 0 Å². The lowest BCUT2D eigenvalue weighted by Gasteiger charge is -2.35. The topological polar surface area (TPSA) is 57.3 Å². The molecule has 0 saturated heterocycles. The molecule has 0 heterocycles. The summed E-state index contributed by atoms with van der Waals surface area (Å²) in [5.74, 6) is 0. The maximum Gasteiger partial charge on any atom is 0.179 e. The van der Waals surface area contributed by atoms with Gasteiger partial charge in [-0.2, -0.15) is 10.5 Å².